The van der Waals surface area contributed by atoms with Crippen molar-refractivity contribution in [2.24, 2.45) is 0 Å². The fraction of sp³-hybridized carbons (Fsp3) is 0.324. The Balaban J connectivity index is 1.91. The molecule has 10 heteroatoms. The molecule has 10 nitrogen and oxygen atoms in total. The number of unbranched alkanes of at least 4 members (excludes halogenated alkanes) is 1. The second-order valence-corrected chi connectivity index (χ2v) is 11.3. The van der Waals surface area contributed by atoms with Gasteiger partial charge < -0.3 is 24.1 Å². The molecule has 44 heavy (non-hydrogen) atoms. The Bertz CT molecular complexity index is 1640. The molecule has 0 aliphatic heterocycles. The van der Waals surface area contributed by atoms with Crippen LogP contribution in [0.3, 0.4) is 0 Å². The first-order chi connectivity index (χ1) is 20.9. The number of hydrogen-bond acceptors (Lipinski definition) is 9. The topological polar surface area (TPSA) is 142 Å². The summed E-state index contributed by atoms with van der Waals surface area (Å²) in [5.74, 6) is -1.86. The second kappa shape index (κ2) is 13.1. The van der Waals surface area contributed by atoms with Gasteiger partial charge in [0.25, 0.3) is 0 Å². The number of carboxylic acid groups (broad SMARTS) is 1. The maximum absolute atomic E-state index is 14.0. The molecular weight excluding hydrogens is 568 g/mol. The lowest BCUT2D eigenvalue weighted by Crippen LogP contribution is -2.28. The van der Waals surface area contributed by atoms with Gasteiger partial charge >= 0.3 is 12.1 Å². The minimum Gasteiger partial charge on any atom is -0.496 e. The Hall–Kier alpha value is -4.99. The van der Waals surface area contributed by atoms with Gasteiger partial charge in [-0.2, -0.15) is 0 Å². The molecule has 0 spiro atoms. The second-order valence-electron chi connectivity index (χ2n) is 11.3. The summed E-state index contributed by atoms with van der Waals surface area (Å²) in [6.45, 7) is 5.00. The number of ether oxygens (including phenoxy) is 4. The number of carbonyl (C=O) groups is 5. The number of carboxylic acids is 1. The summed E-state index contributed by atoms with van der Waals surface area (Å²) in [6.07, 6.45) is -0.506. The minimum atomic E-state index is -1.05. The number of Topliss-reactive ketones (excluding diaryl/α,β-unsaturated/α-hetero) is 1. The van der Waals surface area contributed by atoms with E-state index in [0.717, 1.165) is 0 Å². The molecular formula is C34H34O10. The summed E-state index contributed by atoms with van der Waals surface area (Å²) >= 11 is 0. The highest BCUT2D eigenvalue weighted by Gasteiger charge is 2.36. The lowest BCUT2D eigenvalue weighted by Gasteiger charge is -2.25. The Labute approximate surface area is 254 Å². The van der Waals surface area contributed by atoms with Gasteiger partial charge in [-0.15, -0.1) is 0 Å². The van der Waals surface area contributed by atoms with Crippen LogP contribution >= 0.6 is 0 Å². The smallest absolute Gasteiger partial charge is 0.496 e. The van der Waals surface area contributed by atoms with Crippen LogP contribution in [-0.2, 0) is 16.0 Å². The van der Waals surface area contributed by atoms with Crippen LogP contribution in [0.25, 0.3) is 0 Å². The summed E-state index contributed by atoms with van der Waals surface area (Å²) in [6, 6.07) is 12.7. The number of benzene rings is 3. The summed E-state index contributed by atoms with van der Waals surface area (Å²) < 4.78 is 22.3. The zero-order chi connectivity index (χ0) is 32.2. The van der Waals surface area contributed by atoms with Crippen molar-refractivity contribution in [3.63, 3.8) is 0 Å². The molecule has 1 N–H and O–H groups in total. The van der Waals surface area contributed by atoms with Crippen LogP contribution < -0.4 is 14.2 Å². The number of aliphatic carboxylic acids is 1. The third kappa shape index (κ3) is 6.80. The molecule has 0 aromatic heterocycles. The van der Waals surface area contributed by atoms with Crippen LogP contribution in [0, 0.1) is 0 Å². The summed E-state index contributed by atoms with van der Waals surface area (Å²) in [5.41, 5.74) is 0.417. The molecule has 0 bridgehead atoms. The van der Waals surface area contributed by atoms with Gasteiger partial charge in [0, 0.05) is 58.2 Å². The average Bonchev–Trinajstić information content (AvgIpc) is 2.97. The maximum Gasteiger partial charge on any atom is 0.514 e. The zero-order valence-electron chi connectivity index (χ0n) is 25.3. The van der Waals surface area contributed by atoms with Gasteiger partial charge in [-0.25, -0.2) is 4.79 Å². The summed E-state index contributed by atoms with van der Waals surface area (Å²) in [7, 11) is 2.77. The average molecular weight is 603 g/mol. The van der Waals surface area contributed by atoms with E-state index in [-0.39, 0.29) is 69.9 Å². The lowest BCUT2D eigenvalue weighted by molar-refractivity contribution is -0.137. The number of methoxy groups -OCH3 is 2. The highest BCUT2D eigenvalue weighted by molar-refractivity contribution is 6.29. The van der Waals surface area contributed by atoms with Crippen LogP contribution in [0.5, 0.6) is 17.2 Å². The predicted molar refractivity (Wildman–Crippen MR) is 159 cm³/mol. The molecule has 1 aliphatic rings. The lowest BCUT2D eigenvalue weighted by atomic mass is 9.79. The normalized spacial score (nSPS) is 12.2. The van der Waals surface area contributed by atoms with E-state index >= 15 is 0 Å². The first-order valence-corrected chi connectivity index (χ1v) is 14.1. The Morgan fingerprint density at radius 1 is 0.773 bits per heavy atom. The first-order valence-electron chi connectivity index (χ1n) is 14.1. The molecule has 0 amide bonds. The van der Waals surface area contributed by atoms with Gasteiger partial charge in [-0.1, -0.05) is 36.4 Å². The highest BCUT2D eigenvalue weighted by atomic mass is 16.7. The third-order valence-electron chi connectivity index (χ3n) is 7.08. The molecule has 0 atom stereocenters. The van der Waals surface area contributed by atoms with Crippen molar-refractivity contribution in [3.05, 3.63) is 87.5 Å². The van der Waals surface area contributed by atoms with E-state index < -0.39 is 29.3 Å². The Kier molecular flexibility index (Phi) is 9.52. The summed E-state index contributed by atoms with van der Waals surface area (Å²) in [4.78, 5) is 65.0. The standard InChI is InChI=1S/C34H34O10/c1-34(2,3)44-33(40)43-32-24(17-22-19(13-10-15-26(22)41-4)25(35)14-8-9-16-28(36)37)29-23(18-27(32)42-5)30(38)20-11-6-7-12-21(20)31(29)39/h6-7,10-13,15,18H,8-9,14,16-17H2,1-5H3,(H,36,37). The number of carbonyl (C=O) groups excluding carboxylic acids is 4. The monoisotopic (exact) mass is 602 g/mol. The molecule has 0 heterocycles. The van der Waals surface area contributed by atoms with Crippen molar-refractivity contribution < 1.29 is 48.0 Å². The van der Waals surface area contributed by atoms with Crippen LogP contribution in [0.4, 0.5) is 4.79 Å². The van der Waals surface area contributed by atoms with E-state index in [1.54, 1.807) is 63.2 Å². The number of fused-ring (bicyclic) bond motifs is 2. The molecule has 3 aromatic rings. The van der Waals surface area contributed by atoms with Gasteiger partial charge in [0.15, 0.2) is 28.8 Å². The van der Waals surface area contributed by atoms with E-state index in [9.17, 15) is 24.0 Å². The van der Waals surface area contributed by atoms with Crippen LogP contribution in [0.2, 0.25) is 0 Å². The zero-order valence-corrected chi connectivity index (χ0v) is 25.3. The fourth-order valence-corrected chi connectivity index (χ4v) is 5.15. The minimum absolute atomic E-state index is 0.0128. The molecule has 4 rings (SSSR count). The molecule has 230 valence electrons. The maximum atomic E-state index is 14.0. The van der Waals surface area contributed by atoms with E-state index in [2.05, 4.69) is 0 Å². The number of ketones is 3. The largest absolute Gasteiger partial charge is 0.514 e. The Morgan fingerprint density at radius 3 is 2.02 bits per heavy atom. The molecule has 0 radical (unpaired) electrons. The van der Waals surface area contributed by atoms with Crippen LogP contribution in [-0.4, -0.2) is 54.4 Å². The first kappa shape index (κ1) is 31.9. The summed E-state index contributed by atoms with van der Waals surface area (Å²) in [5, 5.41) is 8.96. The fourth-order valence-electron chi connectivity index (χ4n) is 5.15. The van der Waals surface area contributed by atoms with E-state index in [4.69, 9.17) is 24.1 Å². The van der Waals surface area contributed by atoms with Crippen molar-refractivity contribution in [3.8, 4) is 17.2 Å². The van der Waals surface area contributed by atoms with Gasteiger partial charge in [0.2, 0.25) is 0 Å². The Morgan fingerprint density at radius 2 is 1.41 bits per heavy atom. The molecule has 0 saturated heterocycles. The number of rotatable bonds is 11. The van der Waals surface area contributed by atoms with Crippen molar-refractivity contribution in [2.75, 3.05) is 14.2 Å². The third-order valence-corrected chi connectivity index (χ3v) is 7.08. The molecule has 0 fully saturated rings. The van der Waals surface area contributed by atoms with Crippen molar-refractivity contribution in [1.82, 2.24) is 0 Å². The molecule has 3 aromatic carbocycles. The van der Waals surface area contributed by atoms with Gasteiger partial charge in [0.1, 0.15) is 11.4 Å². The quantitative estimate of drug-likeness (QED) is 0.0911. The number of hydrogen-bond donors (Lipinski definition) is 1. The van der Waals surface area contributed by atoms with Crippen molar-refractivity contribution in [2.45, 2.75) is 58.5 Å². The molecule has 0 saturated carbocycles. The molecule has 1 aliphatic carbocycles. The highest BCUT2D eigenvalue weighted by Crippen LogP contribution is 2.43. The molecule has 0 unspecified atom stereocenters. The van der Waals surface area contributed by atoms with E-state index in [0.29, 0.717) is 24.2 Å². The van der Waals surface area contributed by atoms with Gasteiger partial charge in [-0.3, -0.25) is 19.2 Å². The van der Waals surface area contributed by atoms with Crippen LogP contribution in [0.15, 0.2) is 48.5 Å². The van der Waals surface area contributed by atoms with E-state index in [1.807, 2.05) is 0 Å². The van der Waals surface area contributed by atoms with Crippen molar-refractivity contribution in [1.29, 1.82) is 0 Å². The SMILES string of the molecule is COc1cccc(C(=O)CCCCC(=O)O)c1Cc1c(OC(=O)OC(C)(C)C)c(OC)cc2c1C(=O)c1ccccc1C2=O. The van der Waals surface area contributed by atoms with Gasteiger partial charge in [-0.05, 0) is 45.7 Å². The van der Waals surface area contributed by atoms with Crippen molar-refractivity contribution >= 4 is 29.5 Å². The van der Waals surface area contributed by atoms with E-state index in [1.165, 1.54) is 20.3 Å². The van der Waals surface area contributed by atoms with Gasteiger partial charge in [0.05, 0.1) is 14.2 Å². The van der Waals surface area contributed by atoms with Crippen LogP contribution in [0.1, 0.15) is 99.8 Å². The predicted octanol–water partition coefficient (Wildman–Crippen LogP) is 6.21.